The minimum absolute atomic E-state index is 0.190. The first-order valence-electron chi connectivity index (χ1n) is 9.57. The first kappa shape index (κ1) is 19.2. The molecular weight excluding hydrogens is 378 g/mol. The van der Waals surface area contributed by atoms with Gasteiger partial charge in [-0.15, -0.1) is 0 Å². The molecule has 1 amide bonds. The summed E-state index contributed by atoms with van der Waals surface area (Å²) in [6, 6.07) is 20.9. The van der Waals surface area contributed by atoms with Crippen LogP contribution in [0.3, 0.4) is 0 Å². The van der Waals surface area contributed by atoms with Gasteiger partial charge in [0.25, 0.3) is 5.91 Å². The van der Waals surface area contributed by atoms with Crippen LogP contribution in [0.2, 0.25) is 0 Å². The molecule has 0 aliphatic heterocycles. The van der Waals surface area contributed by atoms with Crippen LogP contribution in [0.25, 0.3) is 10.8 Å². The van der Waals surface area contributed by atoms with Gasteiger partial charge in [-0.05, 0) is 41.0 Å². The minimum atomic E-state index is -0.303. The van der Waals surface area contributed by atoms with Crippen molar-refractivity contribution in [3.63, 3.8) is 0 Å². The van der Waals surface area contributed by atoms with Crippen LogP contribution in [0.4, 0.5) is 11.5 Å². The number of rotatable bonds is 6. The fourth-order valence-corrected chi connectivity index (χ4v) is 3.07. The molecule has 7 nitrogen and oxygen atoms in total. The number of carbonyl (C=O) groups is 1. The predicted octanol–water partition coefficient (Wildman–Crippen LogP) is 4.32. The molecule has 0 aliphatic carbocycles. The molecule has 1 heterocycles. The molecule has 0 radical (unpaired) electrons. The number of benzene rings is 3. The Balaban J connectivity index is 1.49. The van der Waals surface area contributed by atoms with Crippen LogP contribution in [0, 0.1) is 0 Å². The average molecular weight is 399 g/mol. The highest BCUT2D eigenvalue weighted by Crippen LogP contribution is 2.29. The summed E-state index contributed by atoms with van der Waals surface area (Å²) in [5, 5.41) is 1.84. The molecule has 3 aromatic carbocycles. The summed E-state index contributed by atoms with van der Waals surface area (Å²) in [7, 11) is 0. The summed E-state index contributed by atoms with van der Waals surface area (Å²) in [5.41, 5.74) is 13.5. The van der Waals surface area contributed by atoms with Crippen LogP contribution in [-0.2, 0) is 6.42 Å². The molecule has 0 aliphatic rings. The van der Waals surface area contributed by atoms with Gasteiger partial charge >= 0.3 is 0 Å². The molecule has 0 saturated carbocycles. The lowest BCUT2D eigenvalue weighted by Gasteiger charge is -2.13. The molecule has 1 aromatic heterocycles. The van der Waals surface area contributed by atoms with E-state index in [1.54, 1.807) is 6.07 Å². The van der Waals surface area contributed by atoms with Crippen LogP contribution in [-0.4, -0.2) is 15.9 Å². The number of ether oxygens (including phenoxy) is 1. The van der Waals surface area contributed by atoms with Gasteiger partial charge in [0.2, 0.25) is 5.88 Å². The number of aryl methyl sites for hydroxylation is 1. The van der Waals surface area contributed by atoms with Crippen molar-refractivity contribution in [1.82, 2.24) is 15.4 Å². The highest BCUT2D eigenvalue weighted by atomic mass is 16.5. The van der Waals surface area contributed by atoms with E-state index in [0.29, 0.717) is 11.3 Å². The van der Waals surface area contributed by atoms with Crippen molar-refractivity contribution in [2.24, 2.45) is 0 Å². The van der Waals surface area contributed by atoms with E-state index >= 15 is 0 Å². The van der Waals surface area contributed by atoms with E-state index in [2.05, 4.69) is 27.7 Å². The maximum atomic E-state index is 12.7. The van der Waals surface area contributed by atoms with Gasteiger partial charge in [-0.2, -0.15) is 4.98 Å². The zero-order chi connectivity index (χ0) is 20.9. The number of fused-ring (bicyclic) bond motifs is 1. The number of nitrogen functional groups attached to an aromatic ring is 1. The second-order valence-corrected chi connectivity index (χ2v) is 6.65. The number of nitrogens with one attached hydrogen (secondary N) is 2. The van der Waals surface area contributed by atoms with Gasteiger partial charge in [0, 0.05) is 5.56 Å². The maximum absolute atomic E-state index is 12.7. The smallest absolute Gasteiger partial charge is 0.270 e. The maximum Gasteiger partial charge on any atom is 0.270 e. The predicted molar refractivity (Wildman–Crippen MR) is 117 cm³/mol. The van der Waals surface area contributed by atoms with Crippen molar-refractivity contribution in [2.75, 3.05) is 11.2 Å². The van der Waals surface area contributed by atoms with Crippen molar-refractivity contribution in [3.05, 3.63) is 84.2 Å². The van der Waals surface area contributed by atoms with Gasteiger partial charge in [0.1, 0.15) is 17.8 Å². The van der Waals surface area contributed by atoms with E-state index in [-0.39, 0.29) is 23.3 Å². The Morgan fingerprint density at radius 3 is 2.57 bits per heavy atom. The van der Waals surface area contributed by atoms with Crippen molar-refractivity contribution in [3.8, 4) is 11.6 Å². The van der Waals surface area contributed by atoms with Crippen molar-refractivity contribution >= 4 is 28.2 Å². The Morgan fingerprint density at radius 1 is 1.00 bits per heavy atom. The van der Waals surface area contributed by atoms with Crippen LogP contribution < -0.4 is 21.3 Å². The molecule has 0 spiro atoms. The Bertz CT molecular complexity index is 1190. The van der Waals surface area contributed by atoms with E-state index in [0.717, 1.165) is 17.2 Å². The Labute approximate surface area is 173 Å². The number of anilines is 2. The topological polar surface area (TPSA) is 102 Å². The van der Waals surface area contributed by atoms with Gasteiger partial charge in [-0.3, -0.25) is 15.6 Å². The lowest BCUT2D eigenvalue weighted by atomic mass is 10.0. The van der Waals surface area contributed by atoms with Gasteiger partial charge in [0.05, 0.1) is 0 Å². The second-order valence-electron chi connectivity index (χ2n) is 6.65. The SMILES string of the molecule is CCc1ccc(Oc2ncnc(NNC(=O)c3cccc4ccccc34)c2N)cc1. The quantitative estimate of drug-likeness (QED) is 0.417. The first-order chi connectivity index (χ1) is 14.7. The second kappa shape index (κ2) is 8.48. The van der Waals surface area contributed by atoms with E-state index in [4.69, 9.17) is 10.5 Å². The van der Waals surface area contributed by atoms with Crippen LogP contribution >= 0.6 is 0 Å². The third kappa shape index (κ3) is 4.00. The zero-order valence-electron chi connectivity index (χ0n) is 16.4. The van der Waals surface area contributed by atoms with Gasteiger partial charge < -0.3 is 10.5 Å². The van der Waals surface area contributed by atoms with Crippen LogP contribution in [0.1, 0.15) is 22.8 Å². The van der Waals surface area contributed by atoms with E-state index in [9.17, 15) is 4.79 Å². The summed E-state index contributed by atoms with van der Waals surface area (Å²) in [6.07, 6.45) is 2.26. The number of hydrazine groups is 1. The molecule has 0 atom stereocenters. The summed E-state index contributed by atoms with van der Waals surface area (Å²) in [6.45, 7) is 2.09. The normalized spacial score (nSPS) is 10.6. The largest absolute Gasteiger partial charge is 0.437 e. The highest BCUT2D eigenvalue weighted by molar-refractivity contribution is 6.07. The van der Waals surface area contributed by atoms with Crippen molar-refractivity contribution < 1.29 is 9.53 Å². The third-order valence-electron chi connectivity index (χ3n) is 4.72. The fraction of sp³-hybridized carbons (Fsp3) is 0.0870. The lowest BCUT2D eigenvalue weighted by Crippen LogP contribution is -2.30. The average Bonchev–Trinajstić information content (AvgIpc) is 2.79. The van der Waals surface area contributed by atoms with E-state index in [1.807, 2.05) is 60.7 Å². The van der Waals surface area contributed by atoms with Crippen LogP contribution in [0.5, 0.6) is 11.6 Å². The zero-order valence-corrected chi connectivity index (χ0v) is 16.4. The standard InChI is InChI=1S/C23H21N5O2/c1-2-15-10-12-17(13-11-15)30-23-20(24)21(25-14-26-23)27-28-22(29)19-9-5-7-16-6-3-4-8-18(16)19/h3-14H,2,24H2,1H3,(H,28,29)(H,25,26,27). The molecule has 0 bridgehead atoms. The minimum Gasteiger partial charge on any atom is -0.437 e. The molecular formula is C23H21N5O2. The molecule has 150 valence electrons. The molecule has 0 unspecified atom stereocenters. The molecule has 0 fully saturated rings. The summed E-state index contributed by atoms with van der Waals surface area (Å²) in [5.74, 6) is 0.765. The lowest BCUT2D eigenvalue weighted by molar-refractivity contribution is 0.0964. The van der Waals surface area contributed by atoms with E-state index < -0.39 is 0 Å². The molecule has 4 aromatic rings. The number of amides is 1. The Hall–Kier alpha value is -4.13. The van der Waals surface area contributed by atoms with Crippen LogP contribution in [0.15, 0.2) is 73.1 Å². The molecule has 0 saturated heterocycles. The van der Waals surface area contributed by atoms with Gasteiger partial charge in [0.15, 0.2) is 5.82 Å². The highest BCUT2D eigenvalue weighted by Gasteiger charge is 2.13. The summed E-state index contributed by atoms with van der Waals surface area (Å²) in [4.78, 5) is 20.9. The number of hydrogen-bond acceptors (Lipinski definition) is 6. The van der Waals surface area contributed by atoms with E-state index in [1.165, 1.54) is 11.9 Å². The molecule has 30 heavy (non-hydrogen) atoms. The summed E-state index contributed by atoms with van der Waals surface area (Å²) < 4.78 is 5.77. The molecule has 4 rings (SSSR count). The van der Waals surface area contributed by atoms with Gasteiger partial charge in [-0.1, -0.05) is 55.5 Å². The Morgan fingerprint density at radius 2 is 1.77 bits per heavy atom. The number of carbonyl (C=O) groups excluding carboxylic acids is 1. The van der Waals surface area contributed by atoms with Crippen molar-refractivity contribution in [1.29, 1.82) is 0 Å². The third-order valence-corrected chi connectivity index (χ3v) is 4.72. The first-order valence-corrected chi connectivity index (χ1v) is 9.57. The monoisotopic (exact) mass is 399 g/mol. The van der Waals surface area contributed by atoms with Gasteiger partial charge in [-0.25, -0.2) is 4.98 Å². The summed E-state index contributed by atoms with van der Waals surface area (Å²) >= 11 is 0. The number of nitrogens with zero attached hydrogens (tertiary/aromatic N) is 2. The Kier molecular flexibility index (Phi) is 5.43. The van der Waals surface area contributed by atoms with Crippen molar-refractivity contribution in [2.45, 2.75) is 13.3 Å². The number of nitrogens with two attached hydrogens (primary N) is 1. The molecule has 7 heteroatoms. The fourth-order valence-electron chi connectivity index (χ4n) is 3.07. The number of aromatic nitrogens is 2. The number of hydrogen-bond donors (Lipinski definition) is 3. The molecule has 4 N–H and O–H groups in total.